The van der Waals surface area contributed by atoms with Crippen molar-refractivity contribution in [2.45, 2.75) is 198 Å². The van der Waals surface area contributed by atoms with Gasteiger partial charge < -0.3 is 49.6 Å². The van der Waals surface area contributed by atoms with Gasteiger partial charge in [0.1, 0.15) is 17.8 Å². The molecule has 0 unspecified atom stereocenters. The Morgan fingerprint density at radius 3 is 1.82 bits per heavy atom. The van der Waals surface area contributed by atoms with Crippen LogP contribution in [0.3, 0.4) is 0 Å². The van der Waals surface area contributed by atoms with Crippen LogP contribution in [0.4, 0.5) is 0 Å². The zero-order chi connectivity index (χ0) is 47.2. The van der Waals surface area contributed by atoms with Crippen molar-refractivity contribution in [1.82, 2.24) is 9.97 Å². The lowest BCUT2D eigenvalue weighted by molar-refractivity contribution is -0.280. The van der Waals surface area contributed by atoms with E-state index in [0.29, 0.717) is 30.6 Å². The third-order valence-corrected chi connectivity index (χ3v) is 23.9. The summed E-state index contributed by atoms with van der Waals surface area (Å²) < 4.78 is 26.8. The lowest BCUT2D eigenvalue weighted by Crippen LogP contribution is -2.65. The average Bonchev–Trinajstić information content (AvgIpc) is 4.01. The first-order valence-electron chi connectivity index (χ1n) is 26.5. The second kappa shape index (κ2) is 13.6. The first kappa shape index (κ1) is 45.1. The largest absolute Gasteiger partial charge is 0.395 e. The van der Waals surface area contributed by atoms with E-state index in [0.717, 1.165) is 86.1 Å². The van der Waals surface area contributed by atoms with Crippen LogP contribution in [0.2, 0.25) is 0 Å². The second-order valence-corrected chi connectivity index (χ2v) is 26.7. The lowest BCUT2D eigenvalue weighted by atomic mass is 9.44. The molecule has 4 saturated carbocycles. The summed E-state index contributed by atoms with van der Waals surface area (Å²) in [7, 11) is 0. The standard InChI is InChI=1S/C55H78N2O10/c1-26-20-53(66-47(26,4)5)27(2)46-41(64-53)16-36-32-13-11-30-15-38-40(22-50(30,8)34(32)18-43(61)52(36,46)25-59)57-37-14-29-10-12-31-33(49(29,7)21-39(37)56-38)17-42(60)51(9)35(31)19-45-54(51,63)28(3)55(65-45)44(62)23-48(6,24-58)67-55/h16,19,26-34,41-46,58-63H,10-15,17-18,20-25H2,1-9H3/t26-,27-,28-,29-,30-,31+,32+,33-,34-,41-,42+,43+,44+,45-,46-,48-,49-,50-,51+,52+,53-,54+,55-/m0/s1. The van der Waals surface area contributed by atoms with E-state index in [-0.39, 0.29) is 77.7 Å². The van der Waals surface area contributed by atoms with Gasteiger partial charge in [0.15, 0.2) is 5.79 Å². The molecule has 4 saturated heterocycles. The van der Waals surface area contributed by atoms with E-state index in [4.69, 9.17) is 28.9 Å². The van der Waals surface area contributed by atoms with Crippen molar-refractivity contribution in [2.75, 3.05) is 13.2 Å². The molecule has 0 radical (unpaired) electrons. The van der Waals surface area contributed by atoms with Crippen LogP contribution in [0, 0.1) is 80.8 Å². The van der Waals surface area contributed by atoms with Crippen LogP contribution >= 0.6 is 0 Å². The summed E-state index contributed by atoms with van der Waals surface area (Å²) in [5.41, 5.74) is 2.21. The van der Waals surface area contributed by atoms with E-state index in [1.807, 2.05) is 13.8 Å². The molecular formula is C55H78N2O10. The average molecular weight is 927 g/mol. The third-order valence-electron chi connectivity index (χ3n) is 23.9. The van der Waals surface area contributed by atoms with E-state index >= 15 is 0 Å². The molecule has 2 spiro atoms. The highest BCUT2D eigenvalue weighted by Crippen LogP contribution is 2.73. The topological polar surface area (TPSA) is 184 Å². The number of hydrogen-bond acceptors (Lipinski definition) is 12. The minimum atomic E-state index is -1.49. The monoisotopic (exact) mass is 927 g/mol. The summed E-state index contributed by atoms with van der Waals surface area (Å²) in [5, 5.41) is 71.0. The van der Waals surface area contributed by atoms with Crippen LogP contribution in [-0.4, -0.2) is 113 Å². The fraction of sp³-hybridized carbons (Fsp3) is 0.855. The Hall–Kier alpha value is -1.84. The molecule has 0 bridgehead atoms. The van der Waals surface area contributed by atoms with Crippen LogP contribution in [-0.2, 0) is 44.6 Å². The molecule has 5 heterocycles. The predicted molar refractivity (Wildman–Crippen MR) is 246 cm³/mol. The van der Waals surface area contributed by atoms with Crippen LogP contribution in [0.5, 0.6) is 0 Å². The molecule has 23 atom stereocenters. The number of nitrogens with zero attached hydrogens (tertiary/aromatic N) is 2. The first-order chi connectivity index (χ1) is 31.5. The maximum atomic E-state index is 12.9. The van der Waals surface area contributed by atoms with Crippen LogP contribution in [0.25, 0.3) is 0 Å². The molecule has 0 aromatic carbocycles. The van der Waals surface area contributed by atoms with Crippen molar-refractivity contribution in [1.29, 1.82) is 0 Å². The summed E-state index contributed by atoms with van der Waals surface area (Å²) in [4.78, 5) is 11.2. The maximum Gasteiger partial charge on any atom is 0.201 e. The van der Waals surface area contributed by atoms with Gasteiger partial charge in [0.2, 0.25) is 5.79 Å². The summed E-state index contributed by atoms with van der Waals surface area (Å²) in [5.74, 6) is -0.753. The third kappa shape index (κ3) is 5.16. The van der Waals surface area contributed by atoms with E-state index in [2.05, 4.69) is 53.7 Å². The molecule has 1 aromatic heterocycles. The van der Waals surface area contributed by atoms with Gasteiger partial charge >= 0.3 is 0 Å². The van der Waals surface area contributed by atoms with Gasteiger partial charge in [-0.05, 0) is 137 Å². The number of aliphatic hydroxyl groups is 6. The molecule has 12 nitrogen and oxygen atoms in total. The zero-order valence-electron chi connectivity index (χ0n) is 41.4. The molecule has 0 amide bonds. The first-order valence-corrected chi connectivity index (χ1v) is 26.5. The molecule has 67 heavy (non-hydrogen) atoms. The predicted octanol–water partition coefficient (Wildman–Crippen LogP) is 5.54. The molecule has 12 heteroatoms. The Kier molecular flexibility index (Phi) is 9.15. The summed E-state index contributed by atoms with van der Waals surface area (Å²) in [6.07, 6.45) is 10.7. The summed E-state index contributed by atoms with van der Waals surface area (Å²) >= 11 is 0. The molecule has 13 rings (SSSR count). The van der Waals surface area contributed by atoms with Crippen molar-refractivity contribution < 1.29 is 49.6 Å². The Bertz CT molecular complexity index is 2370. The van der Waals surface area contributed by atoms with Gasteiger partial charge in [-0.25, -0.2) is 0 Å². The number of hydrogen-bond donors (Lipinski definition) is 6. The highest BCUT2D eigenvalue weighted by molar-refractivity contribution is 5.44. The van der Waals surface area contributed by atoms with Crippen molar-refractivity contribution in [3.8, 4) is 0 Å². The molecule has 6 N–H and O–H groups in total. The van der Waals surface area contributed by atoms with E-state index in [1.54, 1.807) is 6.92 Å². The smallest absolute Gasteiger partial charge is 0.201 e. The highest BCUT2D eigenvalue weighted by Gasteiger charge is 2.79. The molecule has 368 valence electrons. The van der Waals surface area contributed by atoms with E-state index in [1.165, 1.54) is 5.57 Å². The Morgan fingerprint density at radius 1 is 0.672 bits per heavy atom. The minimum absolute atomic E-state index is 0.0282. The van der Waals surface area contributed by atoms with Gasteiger partial charge in [-0.2, -0.15) is 0 Å². The quantitative estimate of drug-likeness (QED) is 0.204. The summed E-state index contributed by atoms with van der Waals surface area (Å²) in [6, 6.07) is 0. The number of aromatic nitrogens is 2. The normalized spacial score (nSPS) is 58.2. The molecule has 8 fully saturated rings. The molecule has 1 aromatic rings. The maximum absolute atomic E-state index is 12.9. The van der Waals surface area contributed by atoms with E-state index < -0.39 is 63.9 Å². The van der Waals surface area contributed by atoms with E-state index in [9.17, 15) is 30.6 Å². The second-order valence-electron chi connectivity index (χ2n) is 26.7. The van der Waals surface area contributed by atoms with Crippen LogP contribution in [0.15, 0.2) is 23.3 Å². The van der Waals surface area contributed by atoms with Gasteiger partial charge in [-0.15, -0.1) is 0 Å². The van der Waals surface area contributed by atoms with Gasteiger partial charge in [-0.3, -0.25) is 9.97 Å². The van der Waals surface area contributed by atoms with Crippen LogP contribution in [0.1, 0.15) is 136 Å². The molecule has 12 aliphatic rings. The molecule has 4 aliphatic heterocycles. The van der Waals surface area contributed by atoms with Crippen molar-refractivity contribution in [2.24, 2.45) is 80.8 Å². The summed E-state index contributed by atoms with van der Waals surface area (Å²) in [6.45, 7) is 19.0. The number of fused-ring (bicyclic) bond motifs is 16. The molecular weight excluding hydrogens is 849 g/mol. The fourth-order valence-electron chi connectivity index (χ4n) is 19.7. The van der Waals surface area contributed by atoms with Crippen molar-refractivity contribution >= 4 is 0 Å². The SMILES string of the molecule is C[C@@H]1[C@]2(O[C@H]3C=C4[C@@H]5CC[C@H]6Cc7nc8c(nc7C[C@]6(C)[C@H]5C[C@@H](O)[C@]4(C)[C@]31O)C[C@@H]1CC[C@H]3C4=C[C@@H]5O[C@]6(C[C@H](C)C(C)(C)O6)[C@@H](C)[C@@H]5[C@@]4(CO)[C@H](O)C[C@@H]3[C@@]1(C)C8)O[C@](C)(CO)C[C@H]2O. The highest BCUT2D eigenvalue weighted by atomic mass is 16.7. The number of ether oxygens (including phenoxy) is 4. The van der Waals surface area contributed by atoms with Gasteiger partial charge in [0.05, 0.1) is 65.5 Å². The minimum Gasteiger partial charge on any atom is -0.395 e. The Balaban J connectivity index is 0.771. The number of aliphatic hydroxyl groups excluding tert-OH is 5. The fourth-order valence-corrected chi connectivity index (χ4v) is 19.7. The van der Waals surface area contributed by atoms with Gasteiger partial charge in [-0.1, -0.05) is 64.8 Å². The van der Waals surface area contributed by atoms with Crippen LogP contribution < -0.4 is 0 Å². The Morgan fingerprint density at radius 2 is 1.27 bits per heavy atom. The lowest BCUT2D eigenvalue weighted by Gasteiger charge is -2.61. The number of rotatable bonds is 2. The Labute approximate surface area is 396 Å². The van der Waals surface area contributed by atoms with Crippen molar-refractivity contribution in [3.63, 3.8) is 0 Å². The zero-order valence-corrected chi connectivity index (χ0v) is 41.4. The van der Waals surface area contributed by atoms with Gasteiger partial charge in [0.25, 0.3) is 0 Å². The molecule has 8 aliphatic carbocycles. The van der Waals surface area contributed by atoms with Gasteiger partial charge in [0, 0.05) is 41.4 Å². The van der Waals surface area contributed by atoms with Crippen molar-refractivity contribution in [3.05, 3.63) is 46.1 Å².